The zero-order valence-corrected chi connectivity index (χ0v) is 12.8. The number of nitrogens with zero attached hydrogens (tertiary/aromatic N) is 2. The van der Waals surface area contributed by atoms with Gasteiger partial charge in [-0.2, -0.15) is 4.98 Å². The fourth-order valence-corrected chi connectivity index (χ4v) is 2.97. The molecule has 0 fully saturated rings. The summed E-state index contributed by atoms with van der Waals surface area (Å²) in [7, 11) is 1.58. The number of benzene rings is 2. The van der Waals surface area contributed by atoms with Gasteiger partial charge in [-0.1, -0.05) is 11.3 Å². The average molecular weight is 329 g/mol. The number of anilines is 2. The molecular formula is C15H11N3O4S. The van der Waals surface area contributed by atoms with E-state index in [0.29, 0.717) is 21.0 Å². The molecule has 0 aliphatic carbocycles. The van der Waals surface area contributed by atoms with Crippen molar-refractivity contribution < 1.29 is 9.66 Å². The van der Waals surface area contributed by atoms with Gasteiger partial charge in [0.15, 0.2) is 5.13 Å². The standard InChI is InChI=1S/C15H11N3O4S/c1-22-11-5-2-9(3-6-11)16-15-17-14(19)12-7-4-10(18(20)21)8-13(12)23-15/h2-8H,1H3,(H,16,17,19). The summed E-state index contributed by atoms with van der Waals surface area (Å²) in [6.07, 6.45) is 0. The molecule has 2 aromatic carbocycles. The van der Waals surface area contributed by atoms with Crippen LogP contribution < -0.4 is 15.6 Å². The second kappa shape index (κ2) is 6.01. The van der Waals surface area contributed by atoms with Crippen LogP contribution in [0, 0.1) is 10.1 Å². The number of methoxy groups -OCH3 is 1. The van der Waals surface area contributed by atoms with Crippen LogP contribution in [0.3, 0.4) is 0 Å². The van der Waals surface area contributed by atoms with Gasteiger partial charge in [-0.15, -0.1) is 0 Å². The van der Waals surface area contributed by atoms with Gasteiger partial charge in [-0.25, -0.2) is 0 Å². The number of non-ortho nitro benzene ring substituents is 1. The van der Waals surface area contributed by atoms with Gasteiger partial charge in [0, 0.05) is 17.8 Å². The minimum atomic E-state index is -0.492. The minimum Gasteiger partial charge on any atom is -0.497 e. The number of hydrogen-bond acceptors (Lipinski definition) is 7. The van der Waals surface area contributed by atoms with Crippen LogP contribution in [0.5, 0.6) is 5.75 Å². The molecule has 8 heteroatoms. The first-order chi connectivity index (χ1) is 11.1. The van der Waals surface area contributed by atoms with Crippen LogP contribution in [-0.4, -0.2) is 17.0 Å². The lowest BCUT2D eigenvalue weighted by Gasteiger charge is -2.06. The zero-order valence-electron chi connectivity index (χ0n) is 12.0. The molecule has 0 aliphatic rings. The number of nitrogens with one attached hydrogen (secondary N) is 1. The monoisotopic (exact) mass is 329 g/mol. The quantitative estimate of drug-likeness (QED) is 0.583. The lowest BCUT2D eigenvalue weighted by atomic mass is 10.2. The van der Waals surface area contributed by atoms with Gasteiger partial charge in [0.25, 0.3) is 11.2 Å². The Morgan fingerprint density at radius 3 is 2.61 bits per heavy atom. The molecule has 3 aromatic rings. The Labute approximate surface area is 134 Å². The highest BCUT2D eigenvalue weighted by Gasteiger charge is 2.11. The highest BCUT2D eigenvalue weighted by molar-refractivity contribution is 7.21. The second-order valence-corrected chi connectivity index (χ2v) is 5.65. The van der Waals surface area contributed by atoms with Crippen LogP contribution in [0.15, 0.2) is 47.3 Å². The molecule has 0 aliphatic heterocycles. The maximum absolute atomic E-state index is 12.0. The summed E-state index contributed by atoms with van der Waals surface area (Å²) in [5.74, 6) is 0.714. The Bertz CT molecular complexity index is 938. The van der Waals surface area contributed by atoms with Gasteiger partial charge in [0.2, 0.25) is 0 Å². The molecule has 0 bridgehead atoms. The van der Waals surface area contributed by atoms with Gasteiger partial charge in [0.1, 0.15) is 5.75 Å². The molecule has 0 saturated heterocycles. The molecule has 0 unspecified atom stereocenters. The third kappa shape index (κ3) is 3.11. The minimum absolute atomic E-state index is 0.0604. The van der Waals surface area contributed by atoms with E-state index in [9.17, 15) is 14.9 Å². The molecular weight excluding hydrogens is 318 g/mol. The number of ether oxygens (including phenoxy) is 1. The van der Waals surface area contributed by atoms with Crippen molar-refractivity contribution in [3.05, 3.63) is 62.9 Å². The molecule has 0 radical (unpaired) electrons. The first-order valence-corrected chi connectivity index (χ1v) is 7.39. The highest BCUT2D eigenvalue weighted by atomic mass is 32.1. The van der Waals surface area contributed by atoms with Crippen molar-refractivity contribution in [3.63, 3.8) is 0 Å². The maximum atomic E-state index is 12.0. The molecule has 0 spiro atoms. The summed E-state index contributed by atoms with van der Waals surface area (Å²) in [5.41, 5.74) is 0.248. The van der Waals surface area contributed by atoms with E-state index in [2.05, 4.69) is 10.3 Å². The summed E-state index contributed by atoms with van der Waals surface area (Å²) in [6.45, 7) is 0. The fraction of sp³-hybridized carbons (Fsp3) is 0.0667. The van der Waals surface area contributed by atoms with E-state index in [1.165, 1.54) is 29.5 Å². The Morgan fingerprint density at radius 1 is 1.22 bits per heavy atom. The predicted molar refractivity (Wildman–Crippen MR) is 88.8 cm³/mol. The lowest BCUT2D eigenvalue weighted by molar-refractivity contribution is -0.384. The molecule has 0 atom stereocenters. The predicted octanol–water partition coefficient (Wildman–Crippen LogP) is 3.32. The van der Waals surface area contributed by atoms with E-state index < -0.39 is 10.5 Å². The fourth-order valence-electron chi connectivity index (χ4n) is 2.02. The van der Waals surface area contributed by atoms with E-state index in [1.807, 2.05) is 0 Å². The molecule has 116 valence electrons. The molecule has 0 amide bonds. The largest absolute Gasteiger partial charge is 0.497 e. The summed E-state index contributed by atoms with van der Waals surface area (Å²) in [5, 5.41) is 14.6. The number of rotatable bonds is 4. The number of hydrogen-bond donors (Lipinski definition) is 1. The summed E-state index contributed by atoms with van der Waals surface area (Å²) in [6, 6.07) is 11.2. The van der Waals surface area contributed by atoms with Gasteiger partial charge in [-0.05, 0) is 30.3 Å². The average Bonchev–Trinajstić information content (AvgIpc) is 2.55. The van der Waals surface area contributed by atoms with Crippen LogP contribution in [0.2, 0.25) is 0 Å². The number of fused-ring (bicyclic) bond motifs is 1. The smallest absolute Gasteiger partial charge is 0.281 e. The van der Waals surface area contributed by atoms with Gasteiger partial charge in [-0.3, -0.25) is 14.9 Å². The van der Waals surface area contributed by atoms with Crippen molar-refractivity contribution in [2.75, 3.05) is 12.4 Å². The number of aromatic nitrogens is 1. The Hall–Kier alpha value is -3.00. The second-order valence-electron chi connectivity index (χ2n) is 4.62. The molecule has 23 heavy (non-hydrogen) atoms. The summed E-state index contributed by atoms with van der Waals surface area (Å²) in [4.78, 5) is 26.4. The number of nitro groups is 1. The Balaban J connectivity index is 2.00. The van der Waals surface area contributed by atoms with E-state index in [0.717, 1.165) is 5.69 Å². The highest BCUT2D eigenvalue weighted by Crippen LogP contribution is 2.27. The molecule has 1 heterocycles. The van der Waals surface area contributed by atoms with Crippen molar-refractivity contribution >= 4 is 37.9 Å². The molecule has 1 aromatic heterocycles. The van der Waals surface area contributed by atoms with Crippen molar-refractivity contribution in [1.29, 1.82) is 0 Å². The van der Waals surface area contributed by atoms with Crippen LogP contribution in [0.4, 0.5) is 16.5 Å². The van der Waals surface area contributed by atoms with E-state index in [-0.39, 0.29) is 5.69 Å². The molecule has 1 N–H and O–H groups in total. The van der Waals surface area contributed by atoms with E-state index >= 15 is 0 Å². The van der Waals surface area contributed by atoms with Gasteiger partial charge >= 0.3 is 0 Å². The third-order valence-corrected chi connectivity index (χ3v) is 4.10. The van der Waals surface area contributed by atoms with Gasteiger partial charge < -0.3 is 10.1 Å². The Morgan fingerprint density at radius 2 is 1.96 bits per heavy atom. The van der Waals surface area contributed by atoms with Crippen LogP contribution in [0.1, 0.15) is 0 Å². The topological polar surface area (TPSA) is 94.4 Å². The van der Waals surface area contributed by atoms with Gasteiger partial charge in [0.05, 0.1) is 22.1 Å². The lowest BCUT2D eigenvalue weighted by Crippen LogP contribution is -2.07. The van der Waals surface area contributed by atoms with Crippen LogP contribution in [0.25, 0.3) is 10.1 Å². The van der Waals surface area contributed by atoms with Crippen molar-refractivity contribution in [2.24, 2.45) is 0 Å². The number of nitro benzene ring substituents is 1. The summed E-state index contributed by atoms with van der Waals surface area (Å²) >= 11 is 1.18. The van der Waals surface area contributed by atoms with Crippen molar-refractivity contribution in [2.45, 2.75) is 0 Å². The third-order valence-electron chi connectivity index (χ3n) is 3.16. The van der Waals surface area contributed by atoms with Crippen molar-refractivity contribution in [1.82, 2.24) is 4.98 Å². The summed E-state index contributed by atoms with van der Waals surface area (Å²) < 4.78 is 5.59. The van der Waals surface area contributed by atoms with E-state index in [4.69, 9.17) is 4.74 Å². The normalized spacial score (nSPS) is 10.5. The van der Waals surface area contributed by atoms with E-state index in [1.54, 1.807) is 31.4 Å². The first-order valence-electron chi connectivity index (χ1n) is 6.57. The first kappa shape index (κ1) is 14.9. The zero-order chi connectivity index (χ0) is 16.4. The SMILES string of the molecule is COc1ccc(Nc2nc(=O)c3ccc([N+](=O)[O-])cc3s2)cc1. The Kier molecular flexibility index (Phi) is 3.90. The maximum Gasteiger partial charge on any atom is 0.281 e. The molecule has 0 saturated carbocycles. The van der Waals surface area contributed by atoms with Crippen LogP contribution in [-0.2, 0) is 0 Å². The molecule has 7 nitrogen and oxygen atoms in total. The molecule has 3 rings (SSSR count). The van der Waals surface area contributed by atoms with Crippen molar-refractivity contribution in [3.8, 4) is 5.75 Å². The van der Waals surface area contributed by atoms with Crippen LogP contribution >= 0.6 is 11.3 Å².